The normalized spacial score (nSPS) is 10.3. The molecule has 1 rings (SSSR count). The lowest BCUT2D eigenvalue weighted by molar-refractivity contribution is -0.142. The van der Waals surface area contributed by atoms with Crippen LogP contribution in [0.3, 0.4) is 0 Å². The summed E-state index contributed by atoms with van der Waals surface area (Å²) in [5, 5.41) is 0. The molecule has 0 saturated heterocycles. The molecule has 5 nitrogen and oxygen atoms in total. The number of rotatable bonds is 6. The van der Waals surface area contributed by atoms with Crippen molar-refractivity contribution in [1.29, 1.82) is 0 Å². The second-order valence-electron chi connectivity index (χ2n) is 4.07. The largest absolute Gasteiger partial charge is 0.468 e. The molecule has 0 spiro atoms. The zero-order valence-electron chi connectivity index (χ0n) is 11.5. The van der Waals surface area contributed by atoms with Gasteiger partial charge in [-0.05, 0) is 24.2 Å². The molecule has 19 heavy (non-hydrogen) atoms. The fourth-order valence-corrected chi connectivity index (χ4v) is 1.70. The van der Waals surface area contributed by atoms with Gasteiger partial charge >= 0.3 is 11.9 Å². The van der Waals surface area contributed by atoms with Crippen molar-refractivity contribution in [2.45, 2.75) is 13.5 Å². The van der Waals surface area contributed by atoms with Gasteiger partial charge in [-0.25, -0.2) is 4.79 Å². The first-order chi connectivity index (χ1) is 9.10. The lowest BCUT2D eigenvalue weighted by atomic mass is 10.1. The monoisotopic (exact) mass is 265 g/mol. The number of likely N-dealkylation sites (N-methyl/N-ethyl adjacent to an activating group) is 1. The highest BCUT2D eigenvalue weighted by atomic mass is 16.5. The van der Waals surface area contributed by atoms with Crippen molar-refractivity contribution in [3.05, 3.63) is 35.4 Å². The van der Waals surface area contributed by atoms with E-state index < -0.39 is 0 Å². The number of benzene rings is 1. The van der Waals surface area contributed by atoms with E-state index >= 15 is 0 Å². The van der Waals surface area contributed by atoms with Crippen LogP contribution in [0.5, 0.6) is 0 Å². The molecule has 0 amide bonds. The Hall–Kier alpha value is -1.88. The second-order valence-corrected chi connectivity index (χ2v) is 4.07. The van der Waals surface area contributed by atoms with Crippen LogP contribution in [-0.2, 0) is 20.8 Å². The third-order valence-corrected chi connectivity index (χ3v) is 2.78. The van der Waals surface area contributed by atoms with Crippen molar-refractivity contribution in [3.8, 4) is 0 Å². The number of hydrogen-bond donors (Lipinski definition) is 0. The Kier molecular flexibility index (Phi) is 6.02. The van der Waals surface area contributed by atoms with Gasteiger partial charge in [-0.1, -0.05) is 19.1 Å². The molecule has 0 atom stereocenters. The minimum Gasteiger partial charge on any atom is -0.468 e. The maximum Gasteiger partial charge on any atom is 0.337 e. The lowest BCUT2D eigenvalue weighted by Gasteiger charge is -2.19. The first-order valence-corrected chi connectivity index (χ1v) is 6.07. The van der Waals surface area contributed by atoms with Crippen LogP contribution in [0.4, 0.5) is 0 Å². The Balaban J connectivity index is 2.74. The maximum atomic E-state index is 11.4. The summed E-state index contributed by atoms with van der Waals surface area (Å²) >= 11 is 0. The first-order valence-electron chi connectivity index (χ1n) is 6.07. The maximum absolute atomic E-state index is 11.4. The smallest absolute Gasteiger partial charge is 0.337 e. The highest BCUT2D eigenvalue weighted by molar-refractivity contribution is 5.89. The molecule has 0 aliphatic rings. The van der Waals surface area contributed by atoms with Gasteiger partial charge in [0, 0.05) is 6.54 Å². The number of nitrogens with zero attached hydrogens (tertiary/aromatic N) is 1. The van der Waals surface area contributed by atoms with Gasteiger partial charge < -0.3 is 9.47 Å². The van der Waals surface area contributed by atoms with Crippen LogP contribution in [-0.4, -0.2) is 44.1 Å². The molecule has 0 radical (unpaired) electrons. The van der Waals surface area contributed by atoms with Crippen LogP contribution in [0, 0.1) is 0 Å². The van der Waals surface area contributed by atoms with Gasteiger partial charge in [0.1, 0.15) is 0 Å². The van der Waals surface area contributed by atoms with Crippen LogP contribution >= 0.6 is 0 Å². The summed E-state index contributed by atoms with van der Waals surface area (Å²) in [6.07, 6.45) is 0. The van der Waals surface area contributed by atoms with Gasteiger partial charge in [0.15, 0.2) is 0 Å². The number of esters is 2. The third kappa shape index (κ3) is 4.71. The van der Waals surface area contributed by atoms with Crippen molar-refractivity contribution in [1.82, 2.24) is 4.90 Å². The van der Waals surface area contributed by atoms with E-state index in [0.29, 0.717) is 12.1 Å². The van der Waals surface area contributed by atoms with E-state index in [1.165, 1.54) is 14.2 Å². The summed E-state index contributed by atoms with van der Waals surface area (Å²) in [4.78, 5) is 24.6. The molecule has 1 aromatic rings. The van der Waals surface area contributed by atoms with Gasteiger partial charge in [0.25, 0.3) is 0 Å². The highest BCUT2D eigenvalue weighted by Gasteiger charge is 2.11. The Morgan fingerprint density at radius 1 is 1.21 bits per heavy atom. The average molecular weight is 265 g/mol. The van der Waals surface area contributed by atoms with Crippen molar-refractivity contribution < 1.29 is 19.1 Å². The SMILES string of the molecule is CCN(CC(=O)OC)Cc1cccc(C(=O)OC)c1. The Morgan fingerprint density at radius 2 is 1.95 bits per heavy atom. The molecule has 0 aromatic heterocycles. The summed E-state index contributed by atoms with van der Waals surface area (Å²) < 4.78 is 9.32. The molecule has 0 saturated carbocycles. The number of ether oxygens (including phenoxy) is 2. The van der Waals surface area contributed by atoms with Gasteiger partial charge in [-0.3, -0.25) is 9.69 Å². The fourth-order valence-electron chi connectivity index (χ4n) is 1.70. The first kappa shape index (κ1) is 15.2. The van der Waals surface area contributed by atoms with Crippen LogP contribution in [0.15, 0.2) is 24.3 Å². The standard InChI is InChI=1S/C14H19NO4/c1-4-15(10-13(16)18-2)9-11-6-5-7-12(8-11)14(17)19-3/h5-8H,4,9-10H2,1-3H3. The summed E-state index contributed by atoms with van der Waals surface area (Å²) in [6.45, 7) is 3.50. The molecule has 0 N–H and O–H groups in total. The zero-order valence-corrected chi connectivity index (χ0v) is 11.5. The molecule has 0 bridgehead atoms. The summed E-state index contributed by atoms with van der Waals surface area (Å²) in [6, 6.07) is 7.18. The predicted octanol–water partition coefficient (Wildman–Crippen LogP) is 1.47. The summed E-state index contributed by atoms with van der Waals surface area (Å²) in [7, 11) is 2.72. The van der Waals surface area contributed by atoms with Gasteiger partial charge in [-0.15, -0.1) is 0 Å². The second kappa shape index (κ2) is 7.53. The minimum atomic E-state index is -0.363. The summed E-state index contributed by atoms with van der Waals surface area (Å²) in [5.41, 5.74) is 1.46. The predicted molar refractivity (Wildman–Crippen MR) is 70.7 cm³/mol. The molecule has 0 heterocycles. The quantitative estimate of drug-likeness (QED) is 0.729. The number of carbonyl (C=O) groups excluding carboxylic acids is 2. The topological polar surface area (TPSA) is 55.8 Å². The van der Waals surface area contributed by atoms with Crippen molar-refractivity contribution in [3.63, 3.8) is 0 Å². The molecule has 0 unspecified atom stereocenters. The molecule has 0 fully saturated rings. The Bertz CT molecular complexity index is 445. The fraction of sp³-hybridized carbons (Fsp3) is 0.429. The van der Waals surface area contributed by atoms with E-state index in [1.807, 2.05) is 17.9 Å². The number of methoxy groups -OCH3 is 2. The van der Waals surface area contributed by atoms with Gasteiger partial charge in [-0.2, -0.15) is 0 Å². The van der Waals surface area contributed by atoms with Gasteiger partial charge in [0.2, 0.25) is 0 Å². The zero-order chi connectivity index (χ0) is 14.3. The molecular formula is C14H19NO4. The van der Waals surface area contributed by atoms with Gasteiger partial charge in [0.05, 0.1) is 26.3 Å². The average Bonchev–Trinajstić information content (AvgIpc) is 2.45. The molecule has 0 aliphatic carbocycles. The van der Waals surface area contributed by atoms with Crippen LogP contribution in [0.1, 0.15) is 22.8 Å². The third-order valence-electron chi connectivity index (χ3n) is 2.78. The number of hydrogen-bond acceptors (Lipinski definition) is 5. The Morgan fingerprint density at radius 3 is 2.53 bits per heavy atom. The van der Waals surface area contributed by atoms with Crippen LogP contribution in [0.25, 0.3) is 0 Å². The molecule has 5 heteroatoms. The molecular weight excluding hydrogens is 246 g/mol. The van der Waals surface area contributed by atoms with Crippen molar-refractivity contribution in [2.24, 2.45) is 0 Å². The van der Waals surface area contributed by atoms with E-state index in [-0.39, 0.29) is 18.5 Å². The van der Waals surface area contributed by atoms with Crippen LogP contribution in [0.2, 0.25) is 0 Å². The van der Waals surface area contributed by atoms with E-state index in [4.69, 9.17) is 0 Å². The number of carbonyl (C=O) groups is 2. The van der Waals surface area contributed by atoms with Crippen molar-refractivity contribution in [2.75, 3.05) is 27.3 Å². The minimum absolute atomic E-state index is 0.232. The molecule has 0 aliphatic heterocycles. The molecule has 1 aromatic carbocycles. The lowest BCUT2D eigenvalue weighted by Crippen LogP contribution is -2.30. The van der Waals surface area contributed by atoms with E-state index in [9.17, 15) is 9.59 Å². The van der Waals surface area contributed by atoms with Crippen LogP contribution < -0.4 is 0 Å². The highest BCUT2D eigenvalue weighted by Crippen LogP contribution is 2.09. The Labute approximate surface area is 113 Å². The molecule has 104 valence electrons. The van der Waals surface area contributed by atoms with E-state index in [0.717, 1.165) is 12.1 Å². The summed E-state index contributed by atoms with van der Waals surface area (Å²) in [5.74, 6) is -0.635. The van der Waals surface area contributed by atoms with E-state index in [2.05, 4.69) is 9.47 Å². The van der Waals surface area contributed by atoms with Crippen molar-refractivity contribution >= 4 is 11.9 Å². The van der Waals surface area contributed by atoms with E-state index in [1.54, 1.807) is 18.2 Å².